The van der Waals surface area contributed by atoms with Gasteiger partial charge in [0.15, 0.2) is 0 Å². The average Bonchev–Trinajstić information content (AvgIpc) is 3.04. The molecule has 0 aliphatic carbocycles. The van der Waals surface area contributed by atoms with Crippen LogP contribution in [0.4, 0.5) is 8.78 Å². The van der Waals surface area contributed by atoms with Crippen LogP contribution in [0.2, 0.25) is 0 Å². The highest BCUT2D eigenvalue weighted by Gasteiger charge is 2.25. The van der Waals surface area contributed by atoms with E-state index in [2.05, 4.69) is 0 Å². The van der Waals surface area contributed by atoms with Crippen LogP contribution in [0.25, 0.3) is 11.1 Å². The largest absolute Gasteiger partial charge is 0.478 e. The summed E-state index contributed by atoms with van der Waals surface area (Å²) >= 11 is 0. The lowest BCUT2D eigenvalue weighted by Crippen LogP contribution is -2.26. The van der Waals surface area contributed by atoms with E-state index in [1.807, 2.05) is 32.9 Å². The Balaban J connectivity index is 1.98. The number of benzene rings is 2. The zero-order chi connectivity index (χ0) is 24.1. The van der Waals surface area contributed by atoms with Crippen LogP contribution in [0.1, 0.15) is 67.3 Å². The molecule has 3 rings (SSSR count). The Morgan fingerprint density at radius 1 is 1.03 bits per heavy atom. The van der Waals surface area contributed by atoms with Gasteiger partial charge in [0.05, 0.1) is 12.1 Å². The van der Waals surface area contributed by atoms with Crippen LogP contribution in [0.5, 0.6) is 0 Å². The predicted octanol–water partition coefficient (Wildman–Crippen LogP) is 6.00. The maximum atomic E-state index is 14.0. The maximum absolute atomic E-state index is 14.0. The number of carboxylic acids is 1. The van der Waals surface area contributed by atoms with E-state index in [1.165, 1.54) is 9.13 Å². The van der Waals surface area contributed by atoms with Gasteiger partial charge in [-0.1, -0.05) is 69.7 Å². The van der Waals surface area contributed by atoms with E-state index in [9.17, 15) is 23.5 Å². The smallest absolute Gasteiger partial charge is 0.336 e. The van der Waals surface area contributed by atoms with Crippen molar-refractivity contribution < 1.29 is 18.7 Å². The number of halogens is 2. The first-order valence-corrected chi connectivity index (χ1v) is 11.3. The van der Waals surface area contributed by atoms with E-state index in [0.717, 1.165) is 11.1 Å². The number of hydrogen-bond acceptors (Lipinski definition) is 2. The summed E-state index contributed by atoms with van der Waals surface area (Å²) in [5.41, 5.74) is 2.13. The molecule has 0 atom stereocenters. The van der Waals surface area contributed by atoms with Gasteiger partial charge in [-0.05, 0) is 41.5 Å². The average molecular weight is 457 g/mol. The van der Waals surface area contributed by atoms with Crippen molar-refractivity contribution in [2.24, 2.45) is 5.92 Å². The molecule has 0 saturated heterocycles. The molecule has 0 aliphatic rings. The van der Waals surface area contributed by atoms with Gasteiger partial charge in [0.1, 0.15) is 5.69 Å². The first kappa shape index (κ1) is 24.4. The van der Waals surface area contributed by atoms with E-state index in [1.54, 1.807) is 36.4 Å². The van der Waals surface area contributed by atoms with Gasteiger partial charge in [-0.25, -0.2) is 18.4 Å². The summed E-state index contributed by atoms with van der Waals surface area (Å²) in [6, 6.07) is 14.0. The van der Waals surface area contributed by atoms with Crippen molar-refractivity contribution in [3.05, 3.63) is 81.5 Å². The first-order valence-electron chi connectivity index (χ1n) is 11.3. The monoisotopic (exact) mass is 456 g/mol. The van der Waals surface area contributed by atoms with E-state index in [-0.39, 0.29) is 24.3 Å². The number of rotatable bonds is 10. The summed E-state index contributed by atoms with van der Waals surface area (Å²) in [5, 5.41) is 9.44. The third-order valence-electron chi connectivity index (χ3n) is 5.76. The summed E-state index contributed by atoms with van der Waals surface area (Å²) in [5.74, 6) is -0.714. The van der Waals surface area contributed by atoms with E-state index in [4.69, 9.17) is 0 Å². The molecule has 33 heavy (non-hydrogen) atoms. The Bertz CT molecular complexity index is 1160. The number of hydrogen-bond donors (Lipinski definition) is 1. The fourth-order valence-electron chi connectivity index (χ4n) is 4.06. The minimum absolute atomic E-state index is 0.172. The number of aromatic carboxylic acids is 1. The molecule has 0 unspecified atom stereocenters. The minimum Gasteiger partial charge on any atom is -0.478 e. The highest BCUT2D eigenvalue weighted by Crippen LogP contribution is 2.27. The topological polar surface area (TPSA) is 64.2 Å². The quantitative estimate of drug-likeness (QED) is 0.407. The number of imidazole rings is 1. The zero-order valence-corrected chi connectivity index (χ0v) is 19.2. The number of alkyl halides is 2. The molecule has 1 N–H and O–H groups in total. The van der Waals surface area contributed by atoms with Crippen molar-refractivity contribution in [1.82, 2.24) is 9.13 Å². The van der Waals surface area contributed by atoms with Crippen LogP contribution in [0, 0.1) is 5.92 Å². The first-order chi connectivity index (χ1) is 15.7. The Labute approximate surface area is 192 Å². The van der Waals surface area contributed by atoms with Crippen LogP contribution >= 0.6 is 0 Å². The molecule has 7 heteroatoms. The predicted molar refractivity (Wildman–Crippen MR) is 125 cm³/mol. The van der Waals surface area contributed by atoms with Crippen LogP contribution in [-0.4, -0.2) is 20.2 Å². The second-order valence-electron chi connectivity index (χ2n) is 8.63. The van der Waals surface area contributed by atoms with E-state index < -0.39 is 18.1 Å². The molecule has 0 spiro atoms. The highest BCUT2D eigenvalue weighted by molar-refractivity contribution is 5.95. The van der Waals surface area contributed by atoms with Crippen molar-refractivity contribution in [2.45, 2.75) is 59.5 Å². The molecular weight excluding hydrogens is 426 g/mol. The molecular formula is C26H30F2N2O3. The molecule has 2 aromatic carbocycles. The van der Waals surface area contributed by atoms with Gasteiger partial charge in [0.2, 0.25) is 0 Å². The van der Waals surface area contributed by atoms with Gasteiger partial charge < -0.3 is 5.11 Å². The second kappa shape index (κ2) is 10.6. The molecule has 0 aliphatic heterocycles. The lowest BCUT2D eigenvalue weighted by molar-refractivity contribution is 0.0697. The molecule has 3 aromatic rings. The molecule has 0 fully saturated rings. The van der Waals surface area contributed by atoms with Gasteiger partial charge in [-0.15, -0.1) is 0 Å². The second-order valence-corrected chi connectivity index (χ2v) is 8.63. The number of aromatic nitrogens is 2. The fourth-order valence-corrected chi connectivity index (χ4v) is 4.06. The molecule has 1 aromatic heterocycles. The Morgan fingerprint density at radius 3 is 2.27 bits per heavy atom. The summed E-state index contributed by atoms with van der Waals surface area (Å²) in [7, 11) is 0. The lowest BCUT2D eigenvalue weighted by atomic mass is 9.99. The summed E-state index contributed by atoms with van der Waals surface area (Å²) in [4.78, 5) is 24.7. The zero-order valence-electron chi connectivity index (χ0n) is 19.2. The molecule has 0 saturated carbocycles. The molecule has 0 amide bonds. The Hall–Kier alpha value is -3.22. The van der Waals surface area contributed by atoms with Gasteiger partial charge in [-0.2, -0.15) is 0 Å². The van der Waals surface area contributed by atoms with Crippen molar-refractivity contribution in [1.29, 1.82) is 0 Å². The standard InChI is InChI=1S/C26H30F2N2O3/c1-4-7-22-23(24(27)28)29(15-14-17(2)3)26(33)30(22)16-18-10-12-19(13-11-18)20-8-5-6-9-21(20)25(31)32/h5-6,8-13,17,24H,4,7,14-16H2,1-3H3,(H,31,32). The maximum Gasteiger partial charge on any atom is 0.336 e. The molecule has 0 bridgehead atoms. The third-order valence-corrected chi connectivity index (χ3v) is 5.76. The van der Waals surface area contributed by atoms with Gasteiger partial charge >= 0.3 is 11.7 Å². The van der Waals surface area contributed by atoms with E-state index >= 15 is 0 Å². The summed E-state index contributed by atoms with van der Waals surface area (Å²) in [6.45, 7) is 6.36. The van der Waals surface area contributed by atoms with Crippen LogP contribution in [0.3, 0.4) is 0 Å². The molecule has 5 nitrogen and oxygen atoms in total. The SMILES string of the molecule is CCCc1c(C(F)F)n(CCC(C)C)c(=O)n1Cc1ccc(-c2ccccc2C(=O)O)cc1. The third kappa shape index (κ3) is 5.41. The van der Waals surface area contributed by atoms with Gasteiger partial charge in [0, 0.05) is 12.2 Å². The lowest BCUT2D eigenvalue weighted by Gasteiger charge is -2.11. The van der Waals surface area contributed by atoms with Crippen molar-refractivity contribution >= 4 is 5.97 Å². The summed E-state index contributed by atoms with van der Waals surface area (Å²) < 4.78 is 30.7. The van der Waals surface area contributed by atoms with Crippen molar-refractivity contribution in [3.63, 3.8) is 0 Å². The van der Waals surface area contributed by atoms with Crippen LogP contribution in [-0.2, 0) is 19.5 Å². The summed E-state index contributed by atoms with van der Waals surface area (Å²) in [6.07, 6.45) is -1.03. The molecule has 1 heterocycles. The highest BCUT2D eigenvalue weighted by atomic mass is 19.3. The van der Waals surface area contributed by atoms with Gasteiger partial charge in [0.25, 0.3) is 6.43 Å². The number of carboxylic acid groups (broad SMARTS) is 1. The number of carbonyl (C=O) groups is 1. The Morgan fingerprint density at radius 2 is 1.70 bits per heavy atom. The fraction of sp³-hybridized carbons (Fsp3) is 0.385. The van der Waals surface area contributed by atoms with Crippen LogP contribution in [0.15, 0.2) is 53.3 Å². The van der Waals surface area contributed by atoms with Gasteiger partial charge in [-0.3, -0.25) is 9.13 Å². The van der Waals surface area contributed by atoms with Crippen LogP contribution < -0.4 is 5.69 Å². The van der Waals surface area contributed by atoms with Crippen molar-refractivity contribution in [3.8, 4) is 11.1 Å². The Kier molecular flexibility index (Phi) is 7.84. The minimum atomic E-state index is -2.72. The molecule has 0 radical (unpaired) electrons. The molecule has 176 valence electrons. The van der Waals surface area contributed by atoms with Crippen molar-refractivity contribution in [2.75, 3.05) is 0 Å². The van der Waals surface area contributed by atoms with E-state index in [0.29, 0.717) is 36.4 Å². The number of nitrogens with zero attached hydrogens (tertiary/aromatic N) is 2. The normalized spacial score (nSPS) is 11.5.